The first-order chi connectivity index (χ1) is 10.7. The first-order valence-electron chi connectivity index (χ1n) is 8.73. The van der Waals surface area contributed by atoms with Gasteiger partial charge in [0.2, 0.25) is 5.91 Å². The highest BCUT2D eigenvalue weighted by atomic mass is 35.5. The SMILES string of the molecule is CCC(Cc1ccccc1)NC(=O)CC(C)C1CCCNC1.Cl. The van der Waals surface area contributed by atoms with Crippen LogP contribution in [-0.4, -0.2) is 25.0 Å². The van der Waals surface area contributed by atoms with Crippen LogP contribution in [0.2, 0.25) is 0 Å². The normalized spacial score (nSPS) is 20.2. The van der Waals surface area contributed by atoms with Crippen LogP contribution in [0.3, 0.4) is 0 Å². The number of amides is 1. The van der Waals surface area contributed by atoms with Crippen LogP contribution in [0.25, 0.3) is 0 Å². The van der Waals surface area contributed by atoms with Crippen LogP contribution in [-0.2, 0) is 11.2 Å². The molecule has 0 bridgehead atoms. The number of hydrogen-bond acceptors (Lipinski definition) is 2. The number of benzene rings is 1. The number of carbonyl (C=O) groups is 1. The third kappa shape index (κ3) is 6.92. The number of hydrogen-bond donors (Lipinski definition) is 2. The van der Waals surface area contributed by atoms with E-state index in [4.69, 9.17) is 0 Å². The van der Waals surface area contributed by atoms with Gasteiger partial charge >= 0.3 is 0 Å². The van der Waals surface area contributed by atoms with E-state index in [0.29, 0.717) is 18.3 Å². The zero-order valence-electron chi connectivity index (χ0n) is 14.4. The summed E-state index contributed by atoms with van der Waals surface area (Å²) in [6.45, 7) is 6.55. The molecule has 0 aromatic heterocycles. The summed E-state index contributed by atoms with van der Waals surface area (Å²) in [4.78, 5) is 12.3. The predicted molar refractivity (Wildman–Crippen MR) is 99.0 cm³/mol. The van der Waals surface area contributed by atoms with E-state index in [0.717, 1.165) is 25.9 Å². The predicted octanol–water partition coefficient (Wildman–Crippen LogP) is 3.57. The van der Waals surface area contributed by atoms with Gasteiger partial charge in [-0.1, -0.05) is 44.2 Å². The number of piperidine rings is 1. The second kappa shape index (κ2) is 10.7. The topological polar surface area (TPSA) is 41.1 Å². The molecule has 4 heteroatoms. The molecule has 1 aliphatic rings. The molecule has 2 N–H and O–H groups in total. The van der Waals surface area contributed by atoms with E-state index in [9.17, 15) is 4.79 Å². The lowest BCUT2D eigenvalue weighted by atomic mass is 9.85. The Bertz CT molecular complexity index is 446. The summed E-state index contributed by atoms with van der Waals surface area (Å²) in [5.74, 6) is 1.32. The molecule has 2 rings (SSSR count). The van der Waals surface area contributed by atoms with Gasteiger partial charge in [-0.05, 0) is 56.2 Å². The Labute approximate surface area is 147 Å². The number of halogens is 1. The molecule has 1 amide bonds. The Morgan fingerprint density at radius 2 is 2.09 bits per heavy atom. The van der Waals surface area contributed by atoms with Crippen molar-refractivity contribution in [3.63, 3.8) is 0 Å². The Balaban J connectivity index is 0.00000264. The summed E-state index contributed by atoms with van der Waals surface area (Å²) in [5.41, 5.74) is 1.29. The van der Waals surface area contributed by atoms with Gasteiger partial charge in [-0.15, -0.1) is 12.4 Å². The lowest BCUT2D eigenvalue weighted by Crippen LogP contribution is -2.39. The van der Waals surface area contributed by atoms with Gasteiger partial charge in [0, 0.05) is 12.5 Å². The number of rotatable bonds is 7. The molecule has 1 saturated heterocycles. The van der Waals surface area contributed by atoms with Crippen LogP contribution in [0.15, 0.2) is 30.3 Å². The average Bonchev–Trinajstić information content (AvgIpc) is 2.56. The van der Waals surface area contributed by atoms with E-state index in [-0.39, 0.29) is 24.4 Å². The van der Waals surface area contributed by atoms with Crippen molar-refractivity contribution in [2.24, 2.45) is 11.8 Å². The van der Waals surface area contributed by atoms with Gasteiger partial charge in [0.1, 0.15) is 0 Å². The van der Waals surface area contributed by atoms with Crippen LogP contribution in [0, 0.1) is 11.8 Å². The van der Waals surface area contributed by atoms with Gasteiger partial charge in [0.25, 0.3) is 0 Å². The zero-order valence-corrected chi connectivity index (χ0v) is 15.2. The number of carbonyl (C=O) groups excluding carboxylic acids is 1. The van der Waals surface area contributed by atoms with Crippen LogP contribution in [0.5, 0.6) is 0 Å². The molecular weight excluding hydrogens is 308 g/mol. The maximum absolute atomic E-state index is 12.3. The largest absolute Gasteiger partial charge is 0.353 e. The summed E-state index contributed by atoms with van der Waals surface area (Å²) in [6, 6.07) is 10.6. The molecule has 3 nitrogen and oxygen atoms in total. The summed E-state index contributed by atoms with van der Waals surface area (Å²) in [5, 5.41) is 6.67. The van der Waals surface area contributed by atoms with E-state index in [1.165, 1.54) is 18.4 Å². The lowest BCUT2D eigenvalue weighted by molar-refractivity contribution is -0.123. The highest BCUT2D eigenvalue weighted by Crippen LogP contribution is 2.22. The maximum atomic E-state index is 12.3. The molecule has 1 aromatic rings. The quantitative estimate of drug-likeness (QED) is 0.798. The Morgan fingerprint density at radius 1 is 1.35 bits per heavy atom. The van der Waals surface area contributed by atoms with Crippen LogP contribution in [0.1, 0.15) is 45.1 Å². The van der Waals surface area contributed by atoms with Gasteiger partial charge in [-0.3, -0.25) is 4.79 Å². The molecule has 23 heavy (non-hydrogen) atoms. The van der Waals surface area contributed by atoms with Gasteiger partial charge in [-0.25, -0.2) is 0 Å². The monoisotopic (exact) mass is 338 g/mol. The van der Waals surface area contributed by atoms with Crippen molar-refractivity contribution < 1.29 is 4.79 Å². The van der Waals surface area contributed by atoms with Crippen molar-refractivity contribution in [1.29, 1.82) is 0 Å². The second-order valence-corrected chi connectivity index (χ2v) is 6.65. The minimum Gasteiger partial charge on any atom is -0.353 e. The molecule has 3 atom stereocenters. The van der Waals surface area contributed by atoms with Crippen molar-refractivity contribution in [2.45, 2.75) is 52.0 Å². The van der Waals surface area contributed by atoms with E-state index in [1.807, 2.05) is 6.07 Å². The molecular formula is C19H31ClN2O. The summed E-state index contributed by atoms with van der Waals surface area (Å²) >= 11 is 0. The summed E-state index contributed by atoms with van der Waals surface area (Å²) in [7, 11) is 0. The van der Waals surface area contributed by atoms with E-state index in [1.54, 1.807) is 0 Å². The van der Waals surface area contributed by atoms with Crippen molar-refractivity contribution in [2.75, 3.05) is 13.1 Å². The summed E-state index contributed by atoms with van der Waals surface area (Å²) in [6.07, 6.45) is 5.03. The van der Waals surface area contributed by atoms with Crippen LogP contribution >= 0.6 is 12.4 Å². The van der Waals surface area contributed by atoms with Crippen LogP contribution in [0.4, 0.5) is 0 Å². The van der Waals surface area contributed by atoms with Crippen molar-refractivity contribution >= 4 is 18.3 Å². The number of nitrogens with one attached hydrogen (secondary N) is 2. The Kier molecular flexibility index (Phi) is 9.27. The molecule has 1 aliphatic heterocycles. The standard InChI is InChI=1S/C19H30N2O.ClH/c1-3-18(13-16-8-5-4-6-9-16)21-19(22)12-15(2)17-10-7-11-20-14-17;/h4-6,8-9,15,17-18,20H,3,7,10-14H2,1-2H3,(H,21,22);1H. The van der Waals surface area contributed by atoms with Gasteiger partial charge in [-0.2, -0.15) is 0 Å². The summed E-state index contributed by atoms with van der Waals surface area (Å²) < 4.78 is 0. The van der Waals surface area contributed by atoms with Crippen LogP contribution < -0.4 is 10.6 Å². The fraction of sp³-hybridized carbons (Fsp3) is 0.632. The molecule has 0 radical (unpaired) electrons. The third-order valence-corrected chi connectivity index (χ3v) is 4.83. The minimum absolute atomic E-state index is 0. The molecule has 3 unspecified atom stereocenters. The first-order valence-corrected chi connectivity index (χ1v) is 8.73. The third-order valence-electron chi connectivity index (χ3n) is 4.83. The van der Waals surface area contributed by atoms with E-state index >= 15 is 0 Å². The van der Waals surface area contributed by atoms with Crippen molar-refractivity contribution in [1.82, 2.24) is 10.6 Å². The molecule has 130 valence electrons. The fourth-order valence-electron chi connectivity index (χ4n) is 3.31. The van der Waals surface area contributed by atoms with E-state index < -0.39 is 0 Å². The van der Waals surface area contributed by atoms with E-state index in [2.05, 4.69) is 48.7 Å². The Hall–Kier alpha value is -1.06. The van der Waals surface area contributed by atoms with Gasteiger partial charge < -0.3 is 10.6 Å². The second-order valence-electron chi connectivity index (χ2n) is 6.65. The smallest absolute Gasteiger partial charge is 0.220 e. The maximum Gasteiger partial charge on any atom is 0.220 e. The molecule has 0 spiro atoms. The van der Waals surface area contributed by atoms with Gasteiger partial charge in [0.15, 0.2) is 0 Å². The highest BCUT2D eigenvalue weighted by Gasteiger charge is 2.22. The molecule has 0 aliphatic carbocycles. The molecule has 0 saturated carbocycles. The van der Waals surface area contributed by atoms with Crippen molar-refractivity contribution in [3.05, 3.63) is 35.9 Å². The minimum atomic E-state index is 0. The highest BCUT2D eigenvalue weighted by molar-refractivity contribution is 5.85. The molecule has 1 aromatic carbocycles. The molecule has 1 fully saturated rings. The average molecular weight is 339 g/mol. The van der Waals surface area contributed by atoms with Crippen molar-refractivity contribution in [3.8, 4) is 0 Å². The Morgan fingerprint density at radius 3 is 2.70 bits per heavy atom. The zero-order chi connectivity index (χ0) is 15.8. The lowest BCUT2D eigenvalue weighted by Gasteiger charge is -2.28. The molecule has 1 heterocycles. The first kappa shape index (κ1) is 20.0. The van der Waals surface area contributed by atoms with Gasteiger partial charge in [0.05, 0.1) is 0 Å². The fourth-order valence-corrected chi connectivity index (χ4v) is 3.31.